The predicted octanol–water partition coefficient (Wildman–Crippen LogP) is 1.53. The molecule has 1 atom stereocenters. The first-order chi connectivity index (χ1) is 8.56. The summed E-state index contributed by atoms with van der Waals surface area (Å²) in [5, 5.41) is 14.5. The number of hydrogen-bond acceptors (Lipinski definition) is 3. The van der Waals surface area contributed by atoms with Gasteiger partial charge in [0.1, 0.15) is 0 Å². The monoisotopic (exact) mass is 258 g/mol. The fourth-order valence-electron chi connectivity index (χ4n) is 1.75. The highest BCUT2D eigenvalue weighted by atomic mass is 16.4. The first-order valence-electron chi connectivity index (χ1n) is 6.78. The smallest absolute Gasteiger partial charge is 0.303 e. The summed E-state index contributed by atoms with van der Waals surface area (Å²) in [5.41, 5.74) is 0. The third-order valence-corrected chi connectivity index (χ3v) is 2.68. The number of aliphatic carboxylic acids is 1. The van der Waals surface area contributed by atoms with Crippen LogP contribution in [0, 0.1) is 0 Å². The number of carboxylic acids is 1. The molecule has 0 aromatic rings. The maximum absolute atomic E-state index is 11.5. The van der Waals surface area contributed by atoms with E-state index in [4.69, 9.17) is 5.11 Å². The fourth-order valence-corrected chi connectivity index (χ4v) is 1.75. The minimum absolute atomic E-state index is 0.0778. The molecular weight excluding hydrogens is 232 g/mol. The zero-order chi connectivity index (χ0) is 13.8. The quantitative estimate of drug-likeness (QED) is 0.491. The number of hydrogen-bond donors (Lipinski definition) is 3. The summed E-state index contributed by atoms with van der Waals surface area (Å²) >= 11 is 0. The van der Waals surface area contributed by atoms with Crippen molar-refractivity contribution in [2.45, 2.75) is 58.4 Å². The number of rotatable bonds is 11. The van der Waals surface area contributed by atoms with E-state index in [0.717, 1.165) is 32.2 Å². The summed E-state index contributed by atoms with van der Waals surface area (Å²) in [6.07, 6.45) is 4.27. The molecule has 0 saturated carbocycles. The molecule has 0 aromatic heterocycles. The van der Waals surface area contributed by atoms with Gasteiger partial charge in [-0.15, -0.1) is 0 Å². The Bertz CT molecular complexity index is 244. The van der Waals surface area contributed by atoms with Crippen LogP contribution in [-0.2, 0) is 9.59 Å². The lowest BCUT2D eigenvalue weighted by Crippen LogP contribution is -2.34. The minimum atomic E-state index is -0.735. The van der Waals surface area contributed by atoms with E-state index in [9.17, 15) is 9.59 Å². The summed E-state index contributed by atoms with van der Waals surface area (Å²) in [7, 11) is 0. The maximum Gasteiger partial charge on any atom is 0.303 e. The standard InChI is InChI=1S/C13H26N2O3/c1-3-14-11(2)10-12(16)15-9-7-5-4-6-8-13(17)18/h11,14H,3-10H2,1-2H3,(H,15,16)(H,17,18). The van der Waals surface area contributed by atoms with E-state index in [2.05, 4.69) is 10.6 Å². The molecule has 0 fully saturated rings. The SMILES string of the molecule is CCNC(C)CC(=O)NCCCCCCC(=O)O. The van der Waals surface area contributed by atoms with Crippen LogP contribution >= 0.6 is 0 Å². The van der Waals surface area contributed by atoms with Crippen molar-refractivity contribution in [2.75, 3.05) is 13.1 Å². The molecule has 0 aliphatic heterocycles. The Morgan fingerprint density at radius 3 is 2.44 bits per heavy atom. The van der Waals surface area contributed by atoms with E-state index in [1.807, 2.05) is 13.8 Å². The lowest BCUT2D eigenvalue weighted by atomic mass is 10.1. The van der Waals surface area contributed by atoms with Gasteiger partial charge in [-0.3, -0.25) is 9.59 Å². The summed E-state index contributed by atoms with van der Waals surface area (Å²) < 4.78 is 0. The Hall–Kier alpha value is -1.10. The number of carbonyl (C=O) groups is 2. The lowest BCUT2D eigenvalue weighted by molar-refractivity contribution is -0.137. The molecule has 0 aliphatic carbocycles. The van der Waals surface area contributed by atoms with E-state index in [-0.39, 0.29) is 18.4 Å². The van der Waals surface area contributed by atoms with Crippen molar-refractivity contribution in [1.82, 2.24) is 10.6 Å². The van der Waals surface area contributed by atoms with Crippen molar-refractivity contribution in [3.63, 3.8) is 0 Å². The number of amides is 1. The van der Waals surface area contributed by atoms with Crippen molar-refractivity contribution in [3.8, 4) is 0 Å². The van der Waals surface area contributed by atoms with Gasteiger partial charge in [-0.25, -0.2) is 0 Å². The van der Waals surface area contributed by atoms with Gasteiger partial charge < -0.3 is 15.7 Å². The van der Waals surface area contributed by atoms with Gasteiger partial charge in [-0.1, -0.05) is 19.8 Å². The zero-order valence-corrected chi connectivity index (χ0v) is 11.5. The molecule has 0 heterocycles. The van der Waals surface area contributed by atoms with Gasteiger partial charge in [-0.2, -0.15) is 0 Å². The average Bonchev–Trinajstić information content (AvgIpc) is 2.27. The molecule has 0 aliphatic rings. The minimum Gasteiger partial charge on any atom is -0.481 e. The van der Waals surface area contributed by atoms with Crippen molar-refractivity contribution in [1.29, 1.82) is 0 Å². The third kappa shape index (κ3) is 11.4. The van der Waals surface area contributed by atoms with Crippen LogP contribution in [0.5, 0.6) is 0 Å². The van der Waals surface area contributed by atoms with Crippen LogP contribution in [0.15, 0.2) is 0 Å². The molecule has 1 unspecified atom stereocenters. The molecule has 0 rings (SSSR count). The van der Waals surface area contributed by atoms with Gasteiger partial charge in [-0.05, 0) is 26.3 Å². The van der Waals surface area contributed by atoms with Crippen LogP contribution in [0.4, 0.5) is 0 Å². The van der Waals surface area contributed by atoms with Gasteiger partial charge in [0.05, 0.1) is 0 Å². The molecule has 3 N–H and O–H groups in total. The summed E-state index contributed by atoms with van der Waals surface area (Å²) in [4.78, 5) is 21.7. The molecule has 5 nitrogen and oxygen atoms in total. The molecule has 0 saturated heterocycles. The molecule has 5 heteroatoms. The normalized spacial score (nSPS) is 12.1. The molecule has 0 radical (unpaired) electrons. The van der Waals surface area contributed by atoms with Crippen LogP contribution in [-0.4, -0.2) is 36.1 Å². The van der Waals surface area contributed by atoms with Gasteiger partial charge in [0.25, 0.3) is 0 Å². The van der Waals surface area contributed by atoms with Crippen molar-refractivity contribution >= 4 is 11.9 Å². The van der Waals surface area contributed by atoms with Gasteiger partial charge in [0.2, 0.25) is 5.91 Å². The lowest BCUT2D eigenvalue weighted by Gasteiger charge is -2.11. The van der Waals surface area contributed by atoms with Crippen molar-refractivity contribution in [3.05, 3.63) is 0 Å². The molecule has 0 bridgehead atoms. The highest BCUT2D eigenvalue weighted by Gasteiger charge is 2.06. The van der Waals surface area contributed by atoms with Crippen LogP contribution < -0.4 is 10.6 Å². The summed E-state index contributed by atoms with van der Waals surface area (Å²) in [6.45, 7) is 5.57. The number of nitrogens with one attached hydrogen (secondary N) is 2. The molecule has 1 amide bonds. The maximum atomic E-state index is 11.5. The second-order valence-corrected chi connectivity index (χ2v) is 4.57. The second kappa shape index (κ2) is 11.0. The first-order valence-corrected chi connectivity index (χ1v) is 6.78. The summed E-state index contributed by atoms with van der Waals surface area (Å²) in [6, 6.07) is 0.213. The predicted molar refractivity (Wildman–Crippen MR) is 71.5 cm³/mol. The highest BCUT2D eigenvalue weighted by molar-refractivity contribution is 5.76. The average molecular weight is 258 g/mol. The second-order valence-electron chi connectivity index (χ2n) is 4.57. The van der Waals surface area contributed by atoms with Crippen LogP contribution in [0.25, 0.3) is 0 Å². The van der Waals surface area contributed by atoms with Crippen LogP contribution in [0.2, 0.25) is 0 Å². The molecular formula is C13H26N2O3. The Kier molecular flexibility index (Phi) is 10.3. The Morgan fingerprint density at radius 1 is 1.17 bits per heavy atom. The van der Waals surface area contributed by atoms with Crippen molar-refractivity contribution in [2.24, 2.45) is 0 Å². The van der Waals surface area contributed by atoms with Gasteiger partial charge >= 0.3 is 5.97 Å². The van der Waals surface area contributed by atoms with E-state index in [0.29, 0.717) is 13.0 Å². The number of carbonyl (C=O) groups excluding carboxylic acids is 1. The Labute approximate surface area is 109 Å². The first kappa shape index (κ1) is 16.9. The van der Waals surface area contributed by atoms with E-state index in [1.165, 1.54) is 0 Å². The zero-order valence-electron chi connectivity index (χ0n) is 11.5. The fraction of sp³-hybridized carbons (Fsp3) is 0.846. The molecule has 18 heavy (non-hydrogen) atoms. The highest BCUT2D eigenvalue weighted by Crippen LogP contribution is 2.02. The number of unbranched alkanes of at least 4 members (excludes halogenated alkanes) is 3. The van der Waals surface area contributed by atoms with E-state index >= 15 is 0 Å². The van der Waals surface area contributed by atoms with E-state index in [1.54, 1.807) is 0 Å². The van der Waals surface area contributed by atoms with Crippen LogP contribution in [0.1, 0.15) is 52.4 Å². The van der Waals surface area contributed by atoms with Gasteiger partial charge in [0.15, 0.2) is 0 Å². The molecule has 0 aromatic carbocycles. The number of carboxylic acid groups (broad SMARTS) is 1. The largest absolute Gasteiger partial charge is 0.481 e. The van der Waals surface area contributed by atoms with Crippen molar-refractivity contribution < 1.29 is 14.7 Å². The van der Waals surface area contributed by atoms with Gasteiger partial charge in [0, 0.05) is 25.4 Å². The topological polar surface area (TPSA) is 78.4 Å². The van der Waals surface area contributed by atoms with Crippen LogP contribution in [0.3, 0.4) is 0 Å². The Balaban J connectivity index is 3.32. The Morgan fingerprint density at radius 2 is 1.83 bits per heavy atom. The van der Waals surface area contributed by atoms with E-state index < -0.39 is 5.97 Å². The molecule has 0 spiro atoms. The summed E-state index contributed by atoms with van der Waals surface area (Å²) in [5.74, 6) is -0.658. The molecule has 106 valence electrons. The third-order valence-electron chi connectivity index (χ3n) is 2.68.